The Morgan fingerprint density at radius 1 is 1.30 bits per heavy atom. The highest BCUT2D eigenvalue weighted by Crippen LogP contribution is 2.37. The number of nitrogens with zero attached hydrogens (tertiary/aromatic N) is 3. The standard InChI is InChI=1S/C20H27N3O4/c1-20(2,3)27-19(25)23-9-7-22(8-10-23)18-15-12-14(13-21)4-5-17(15)26-11-6-16(18)24/h4-5,12,16,18,24H,6-11H2,1-3H3. The Hall–Kier alpha value is -2.30. The summed E-state index contributed by atoms with van der Waals surface area (Å²) in [6.07, 6.45) is -0.375. The van der Waals surface area contributed by atoms with Crippen LogP contribution in [0.25, 0.3) is 0 Å². The lowest BCUT2D eigenvalue weighted by molar-refractivity contribution is -0.00659. The molecule has 1 saturated heterocycles. The highest BCUT2D eigenvalue weighted by atomic mass is 16.6. The number of aliphatic hydroxyl groups is 1. The number of hydrogen-bond acceptors (Lipinski definition) is 6. The molecule has 2 heterocycles. The molecule has 0 saturated carbocycles. The van der Waals surface area contributed by atoms with Crippen LogP contribution in [0.15, 0.2) is 18.2 Å². The first-order valence-electron chi connectivity index (χ1n) is 9.35. The molecule has 1 N–H and O–H groups in total. The Kier molecular flexibility index (Phi) is 5.59. The smallest absolute Gasteiger partial charge is 0.410 e. The molecule has 146 valence electrons. The molecule has 0 spiro atoms. The fraction of sp³-hybridized carbons (Fsp3) is 0.600. The van der Waals surface area contributed by atoms with Gasteiger partial charge in [0, 0.05) is 38.2 Å². The monoisotopic (exact) mass is 373 g/mol. The topological polar surface area (TPSA) is 86.0 Å². The second-order valence-electron chi connectivity index (χ2n) is 8.02. The lowest BCUT2D eigenvalue weighted by atomic mass is 9.95. The minimum atomic E-state index is -0.590. The molecule has 7 heteroatoms. The fourth-order valence-electron chi connectivity index (χ4n) is 3.58. The number of ether oxygens (including phenoxy) is 2. The summed E-state index contributed by atoms with van der Waals surface area (Å²) in [4.78, 5) is 16.1. The average Bonchev–Trinajstić information content (AvgIpc) is 2.78. The van der Waals surface area contributed by atoms with Gasteiger partial charge in [-0.25, -0.2) is 4.79 Å². The van der Waals surface area contributed by atoms with Crippen LogP contribution in [0.1, 0.15) is 44.4 Å². The van der Waals surface area contributed by atoms with E-state index in [1.165, 1.54) is 0 Å². The van der Waals surface area contributed by atoms with Gasteiger partial charge in [-0.2, -0.15) is 5.26 Å². The minimum absolute atomic E-state index is 0.253. The molecular formula is C20H27N3O4. The van der Waals surface area contributed by atoms with Crippen LogP contribution in [-0.4, -0.2) is 65.5 Å². The van der Waals surface area contributed by atoms with Gasteiger partial charge in [-0.05, 0) is 39.0 Å². The van der Waals surface area contributed by atoms with Gasteiger partial charge in [-0.15, -0.1) is 0 Å². The van der Waals surface area contributed by atoms with Crippen LogP contribution in [0.2, 0.25) is 0 Å². The van der Waals surface area contributed by atoms with E-state index >= 15 is 0 Å². The molecule has 1 aromatic carbocycles. The van der Waals surface area contributed by atoms with Crippen molar-refractivity contribution in [3.8, 4) is 11.8 Å². The van der Waals surface area contributed by atoms with E-state index in [9.17, 15) is 15.2 Å². The van der Waals surface area contributed by atoms with E-state index in [4.69, 9.17) is 9.47 Å². The van der Waals surface area contributed by atoms with Crippen LogP contribution in [0.3, 0.4) is 0 Å². The third-order valence-corrected chi connectivity index (χ3v) is 4.85. The summed E-state index contributed by atoms with van der Waals surface area (Å²) in [6, 6.07) is 7.23. The molecule has 3 rings (SSSR count). The molecule has 1 aromatic rings. The van der Waals surface area contributed by atoms with Crippen LogP contribution in [0, 0.1) is 11.3 Å². The Morgan fingerprint density at radius 2 is 2.00 bits per heavy atom. The predicted molar refractivity (Wildman–Crippen MR) is 99.4 cm³/mol. The SMILES string of the molecule is CC(C)(C)OC(=O)N1CCN(C2c3cc(C#N)ccc3OCCC2O)CC1. The fourth-order valence-corrected chi connectivity index (χ4v) is 3.58. The summed E-state index contributed by atoms with van der Waals surface area (Å²) in [6.45, 7) is 8.31. The maximum Gasteiger partial charge on any atom is 0.410 e. The van der Waals surface area contributed by atoms with Gasteiger partial charge >= 0.3 is 6.09 Å². The van der Waals surface area contributed by atoms with Crippen LogP contribution in [0.4, 0.5) is 4.79 Å². The Morgan fingerprint density at radius 3 is 2.63 bits per heavy atom. The van der Waals surface area contributed by atoms with Crippen LogP contribution >= 0.6 is 0 Å². The lowest BCUT2D eigenvalue weighted by Gasteiger charge is -2.40. The van der Waals surface area contributed by atoms with Crippen molar-refractivity contribution in [2.75, 3.05) is 32.8 Å². The van der Waals surface area contributed by atoms with Crippen molar-refractivity contribution >= 4 is 6.09 Å². The number of nitriles is 1. The van der Waals surface area contributed by atoms with Crippen LogP contribution < -0.4 is 4.74 Å². The summed E-state index contributed by atoms with van der Waals surface area (Å²) in [5.41, 5.74) is 0.865. The first-order chi connectivity index (χ1) is 12.8. The van der Waals surface area contributed by atoms with Crippen molar-refractivity contribution in [3.05, 3.63) is 29.3 Å². The number of fused-ring (bicyclic) bond motifs is 1. The molecule has 0 aromatic heterocycles. The molecule has 1 fully saturated rings. The van der Waals surface area contributed by atoms with E-state index < -0.39 is 11.7 Å². The second-order valence-corrected chi connectivity index (χ2v) is 8.02. The molecule has 2 aliphatic rings. The number of carbonyl (C=O) groups is 1. The first-order valence-corrected chi connectivity index (χ1v) is 9.35. The van der Waals surface area contributed by atoms with E-state index in [1.807, 2.05) is 20.8 Å². The summed E-state index contributed by atoms with van der Waals surface area (Å²) in [7, 11) is 0. The maximum atomic E-state index is 12.3. The molecule has 27 heavy (non-hydrogen) atoms. The molecular weight excluding hydrogens is 346 g/mol. The highest BCUT2D eigenvalue weighted by molar-refractivity contribution is 5.68. The zero-order valence-electron chi connectivity index (χ0n) is 16.1. The zero-order chi connectivity index (χ0) is 19.6. The van der Waals surface area contributed by atoms with Gasteiger partial charge in [0.25, 0.3) is 0 Å². The van der Waals surface area contributed by atoms with Crippen molar-refractivity contribution in [2.45, 2.75) is 44.9 Å². The highest BCUT2D eigenvalue weighted by Gasteiger charge is 2.35. The molecule has 0 radical (unpaired) electrons. The average molecular weight is 373 g/mol. The third-order valence-electron chi connectivity index (χ3n) is 4.85. The molecule has 0 aliphatic carbocycles. The maximum absolute atomic E-state index is 12.3. The van der Waals surface area contributed by atoms with Crippen molar-refractivity contribution in [2.24, 2.45) is 0 Å². The molecule has 0 bridgehead atoms. The largest absolute Gasteiger partial charge is 0.493 e. The number of hydrogen-bond donors (Lipinski definition) is 1. The van der Waals surface area contributed by atoms with Gasteiger partial charge in [-0.1, -0.05) is 0 Å². The molecule has 2 atom stereocenters. The molecule has 2 unspecified atom stereocenters. The van der Waals surface area contributed by atoms with Crippen molar-refractivity contribution < 1.29 is 19.4 Å². The molecule has 2 aliphatic heterocycles. The Labute approximate surface area is 160 Å². The van der Waals surface area contributed by atoms with Gasteiger partial charge in [-0.3, -0.25) is 4.90 Å². The summed E-state index contributed by atoms with van der Waals surface area (Å²) >= 11 is 0. The van der Waals surface area contributed by atoms with Crippen molar-refractivity contribution in [1.82, 2.24) is 9.80 Å². The van der Waals surface area contributed by atoms with Crippen molar-refractivity contribution in [3.63, 3.8) is 0 Å². The van der Waals surface area contributed by atoms with Crippen LogP contribution in [0.5, 0.6) is 5.75 Å². The number of rotatable bonds is 1. The van der Waals surface area contributed by atoms with E-state index in [2.05, 4.69) is 11.0 Å². The quantitative estimate of drug-likeness (QED) is 0.813. The van der Waals surface area contributed by atoms with E-state index in [1.54, 1.807) is 23.1 Å². The van der Waals surface area contributed by atoms with E-state index in [0.717, 1.165) is 5.56 Å². The number of carbonyl (C=O) groups excluding carboxylic acids is 1. The first kappa shape index (κ1) is 19.5. The van der Waals surface area contributed by atoms with Gasteiger partial charge < -0.3 is 19.5 Å². The molecule has 1 amide bonds. The summed E-state index contributed by atoms with van der Waals surface area (Å²) in [5, 5.41) is 20.0. The summed E-state index contributed by atoms with van der Waals surface area (Å²) < 4.78 is 11.2. The minimum Gasteiger partial charge on any atom is -0.493 e. The van der Waals surface area contributed by atoms with Gasteiger partial charge in [0.2, 0.25) is 0 Å². The Bertz CT molecular complexity index is 730. The molecule has 7 nitrogen and oxygen atoms in total. The van der Waals surface area contributed by atoms with E-state index in [0.29, 0.717) is 50.5 Å². The van der Waals surface area contributed by atoms with Crippen LogP contribution in [-0.2, 0) is 4.74 Å². The van der Waals surface area contributed by atoms with Crippen molar-refractivity contribution in [1.29, 1.82) is 5.26 Å². The zero-order valence-corrected chi connectivity index (χ0v) is 16.1. The van der Waals surface area contributed by atoms with E-state index in [-0.39, 0.29) is 12.1 Å². The van der Waals surface area contributed by atoms with Gasteiger partial charge in [0.15, 0.2) is 0 Å². The third kappa shape index (κ3) is 4.52. The normalized spacial score (nSPS) is 23.6. The number of amides is 1. The predicted octanol–water partition coefficient (Wildman–Crippen LogP) is 2.30. The number of benzene rings is 1. The van der Waals surface area contributed by atoms with Gasteiger partial charge in [0.05, 0.1) is 30.4 Å². The number of aliphatic hydroxyl groups excluding tert-OH is 1. The summed E-state index contributed by atoms with van der Waals surface area (Å²) in [5.74, 6) is 0.713. The second kappa shape index (κ2) is 7.75. The van der Waals surface area contributed by atoms with Gasteiger partial charge in [0.1, 0.15) is 11.4 Å². The lowest BCUT2D eigenvalue weighted by Crippen LogP contribution is -2.52. The Balaban J connectivity index is 1.75. The number of piperazine rings is 1.